The molecular formula is C21H40O2. The summed E-state index contributed by atoms with van der Waals surface area (Å²) in [6.07, 6.45) is 18.6. The van der Waals surface area contributed by atoms with Crippen LogP contribution in [0.1, 0.15) is 110 Å². The summed E-state index contributed by atoms with van der Waals surface area (Å²) in [5, 5.41) is 0. The van der Waals surface area contributed by atoms with Crippen LogP contribution in [-0.4, -0.2) is 12.6 Å². The Morgan fingerprint density at radius 3 is 1.65 bits per heavy atom. The van der Waals surface area contributed by atoms with Gasteiger partial charge in [0.05, 0.1) is 6.61 Å². The van der Waals surface area contributed by atoms with E-state index in [9.17, 15) is 4.79 Å². The predicted molar refractivity (Wildman–Crippen MR) is 101 cm³/mol. The molecule has 0 unspecified atom stereocenters. The zero-order valence-electron chi connectivity index (χ0n) is 15.8. The van der Waals surface area contributed by atoms with Crippen LogP contribution in [-0.2, 0) is 9.53 Å². The first kappa shape index (κ1) is 22.2. The zero-order valence-corrected chi connectivity index (χ0v) is 15.8. The molecule has 0 saturated heterocycles. The molecule has 0 fully saturated rings. The van der Waals surface area contributed by atoms with Crippen molar-refractivity contribution in [2.75, 3.05) is 6.61 Å². The summed E-state index contributed by atoms with van der Waals surface area (Å²) in [4.78, 5) is 11.7. The van der Waals surface area contributed by atoms with Crippen LogP contribution in [0.3, 0.4) is 0 Å². The summed E-state index contributed by atoms with van der Waals surface area (Å²) < 4.78 is 5.28. The lowest BCUT2D eigenvalue weighted by Gasteiger charge is -2.07. The first-order valence-electron chi connectivity index (χ1n) is 10.1. The molecule has 0 spiro atoms. The molecule has 0 saturated carbocycles. The Bertz CT molecular complexity index is 284. The SMILES string of the molecule is C=C(CCCCC)C(=O)OCCCCCCCCCCCCC. The summed E-state index contributed by atoms with van der Waals surface area (Å²) in [7, 11) is 0. The number of hydrogen-bond acceptors (Lipinski definition) is 2. The van der Waals surface area contributed by atoms with Crippen LogP contribution in [0.15, 0.2) is 12.2 Å². The van der Waals surface area contributed by atoms with Gasteiger partial charge in [-0.05, 0) is 19.3 Å². The standard InChI is InChI=1S/C21H40O2/c1-4-6-8-9-10-11-12-13-14-15-17-19-23-21(22)20(3)18-16-7-5-2/h3-19H2,1-2H3. The van der Waals surface area contributed by atoms with E-state index < -0.39 is 0 Å². The Hall–Kier alpha value is -0.790. The quantitative estimate of drug-likeness (QED) is 0.164. The molecule has 0 aliphatic rings. The van der Waals surface area contributed by atoms with E-state index in [0.717, 1.165) is 25.7 Å². The smallest absolute Gasteiger partial charge is 0.333 e. The van der Waals surface area contributed by atoms with E-state index in [1.165, 1.54) is 70.6 Å². The fraction of sp³-hybridized carbons (Fsp3) is 0.857. The lowest BCUT2D eigenvalue weighted by Crippen LogP contribution is -2.08. The number of unbranched alkanes of at least 4 members (excludes halogenated alkanes) is 12. The van der Waals surface area contributed by atoms with Gasteiger partial charge in [-0.2, -0.15) is 0 Å². The average Bonchev–Trinajstić information content (AvgIpc) is 2.55. The van der Waals surface area contributed by atoms with Crippen molar-refractivity contribution >= 4 is 5.97 Å². The molecule has 2 nitrogen and oxygen atoms in total. The Labute approximate surface area is 145 Å². The van der Waals surface area contributed by atoms with Crippen molar-refractivity contribution in [3.8, 4) is 0 Å². The van der Waals surface area contributed by atoms with Crippen LogP contribution in [0, 0.1) is 0 Å². The van der Waals surface area contributed by atoms with Gasteiger partial charge >= 0.3 is 5.97 Å². The van der Waals surface area contributed by atoms with Gasteiger partial charge in [-0.25, -0.2) is 4.79 Å². The van der Waals surface area contributed by atoms with Gasteiger partial charge in [-0.3, -0.25) is 0 Å². The molecule has 0 aliphatic carbocycles. The molecule has 0 heterocycles. The van der Waals surface area contributed by atoms with Gasteiger partial charge in [0, 0.05) is 5.57 Å². The third-order valence-corrected chi connectivity index (χ3v) is 4.35. The maximum atomic E-state index is 11.7. The van der Waals surface area contributed by atoms with Crippen LogP contribution < -0.4 is 0 Å². The normalized spacial score (nSPS) is 10.7. The van der Waals surface area contributed by atoms with E-state index in [1.807, 2.05) is 0 Å². The largest absolute Gasteiger partial charge is 0.462 e. The van der Waals surface area contributed by atoms with Crippen molar-refractivity contribution in [1.29, 1.82) is 0 Å². The Balaban J connectivity index is 3.26. The number of esters is 1. The zero-order chi connectivity index (χ0) is 17.2. The van der Waals surface area contributed by atoms with Crippen molar-refractivity contribution in [2.24, 2.45) is 0 Å². The fourth-order valence-corrected chi connectivity index (χ4v) is 2.72. The van der Waals surface area contributed by atoms with Gasteiger partial charge in [-0.1, -0.05) is 97.5 Å². The van der Waals surface area contributed by atoms with Crippen LogP contribution >= 0.6 is 0 Å². The second-order valence-corrected chi connectivity index (χ2v) is 6.73. The van der Waals surface area contributed by atoms with Crippen LogP contribution in [0.2, 0.25) is 0 Å². The van der Waals surface area contributed by atoms with E-state index in [2.05, 4.69) is 20.4 Å². The molecule has 0 aliphatic heterocycles. The van der Waals surface area contributed by atoms with E-state index in [0.29, 0.717) is 12.2 Å². The molecule has 0 atom stereocenters. The molecule has 23 heavy (non-hydrogen) atoms. The van der Waals surface area contributed by atoms with Crippen LogP contribution in [0.5, 0.6) is 0 Å². The van der Waals surface area contributed by atoms with E-state index in [-0.39, 0.29) is 5.97 Å². The van der Waals surface area contributed by atoms with Gasteiger partial charge in [0.25, 0.3) is 0 Å². The average molecular weight is 325 g/mol. The first-order valence-corrected chi connectivity index (χ1v) is 10.1. The van der Waals surface area contributed by atoms with Gasteiger partial charge in [0.2, 0.25) is 0 Å². The summed E-state index contributed by atoms with van der Waals surface area (Å²) in [5.41, 5.74) is 0.640. The van der Waals surface area contributed by atoms with Crippen LogP contribution in [0.4, 0.5) is 0 Å². The lowest BCUT2D eigenvalue weighted by molar-refractivity contribution is -0.139. The van der Waals surface area contributed by atoms with E-state index >= 15 is 0 Å². The minimum atomic E-state index is -0.187. The fourth-order valence-electron chi connectivity index (χ4n) is 2.72. The maximum Gasteiger partial charge on any atom is 0.333 e. The van der Waals surface area contributed by atoms with Crippen molar-refractivity contribution in [1.82, 2.24) is 0 Å². The molecule has 0 N–H and O–H groups in total. The summed E-state index contributed by atoms with van der Waals surface area (Å²) in [6, 6.07) is 0. The van der Waals surface area contributed by atoms with E-state index in [1.54, 1.807) is 0 Å². The summed E-state index contributed by atoms with van der Waals surface area (Å²) >= 11 is 0. The number of carbonyl (C=O) groups is 1. The maximum absolute atomic E-state index is 11.7. The van der Waals surface area contributed by atoms with Crippen molar-refractivity contribution in [2.45, 2.75) is 110 Å². The third-order valence-electron chi connectivity index (χ3n) is 4.35. The van der Waals surface area contributed by atoms with Crippen molar-refractivity contribution in [3.05, 3.63) is 12.2 Å². The highest BCUT2D eigenvalue weighted by atomic mass is 16.5. The molecule has 0 bridgehead atoms. The Morgan fingerprint density at radius 1 is 0.696 bits per heavy atom. The topological polar surface area (TPSA) is 26.3 Å². The van der Waals surface area contributed by atoms with Gasteiger partial charge in [-0.15, -0.1) is 0 Å². The highest BCUT2D eigenvalue weighted by Crippen LogP contribution is 2.12. The lowest BCUT2D eigenvalue weighted by atomic mass is 10.1. The molecule has 0 amide bonds. The van der Waals surface area contributed by atoms with Crippen LogP contribution in [0.25, 0.3) is 0 Å². The number of carbonyl (C=O) groups excluding carboxylic acids is 1. The monoisotopic (exact) mass is 324 g/mol. The highest BCUT2D eigenvalue weighted by molar-refractivity contribution is 5.87. The number of rotatable bonds is 17. The molecule has 0 aromatic carbocycles. The number of ether oxygens (including phenoxy) is 1. The molecule has 0 radical (unpaired) electrons. The first-order chi connectivity index (χ1) is 11.2. The molecule has 0 aromatic heterocycles. The van der Waals surface area contributed by atoms with Crippen molar-refractivity contribution < 1.29 is 9.53 Å². The second-order valence-electron chi connectivity index (χ2n) is 6.73. The summed E-state index contributed by atoms with van der Waals surface area (Å²) in [5.74, 6) is -0.187. The van der Waals surface area contributed by atoms with Gasteiger partial charge < -0.3 is 4.74 Å². The molecule has 0 aromatic rings. The minimum absolute atomic E-state index is 0.187. The predicted octanol–water partition coefficient (Wildman–Crippen LogP) is 6.98. The minimum Gasteiger partial charge on any atom is -0.462 e. The van der Waals surface area contributed by atoms with E-state index in [4.69, 9.17) is 4.74 Å². The van der Waals surface area contributed by atoms with Gasteiger partial charge in [0.1, 0.15) is 0 Å². The third kappa shape index (κ3) is 15.9. The van der Waals surface area contributed by atoms with Gasteiger partial charge in [0.15, 0.2) is 0 Å². The Morgan fingerprint density at radius 2 is 1.13 bits per heavy atom. The molecule has 0 rings (SSSR count). The number of hydrogen-bond donors (Lipinski definition) is 0. The molecular weight excluding hydrogens is 284 g/mol. The highest BCUT2D eigenvalue weighted by Gasteiger charge is 2.07. The Kier molecular flexibility index (Phi) is 17.0. The molecule has 2 heteroatoms. The second kappa shape index (κ2) is 17.6. The summed E-state index contributed by atoms with van der Waals surface area (Å²) in [6.45, 7) is 8.81. The molecule has 136 valence electrons. The van der Waals surface area contributed by atoms with Crippen molar-refractivity contribution in [3.63, 3.8) is 0 Å².